The first kappa shape index (κ1) is 10.7. The standard InChI is InChI=1S/C15H17N/c1-10-4-6-13(8-12(10)3)15-9-14(16)7-5-11(15)2/h4-9H,16H2,1-3H3. The molecule has 2 N–H and O–H groups in total. The number of benzene rings is 2. The van der Waals surface area contributed by atoms with Crippen LogP contribution in [-0.4, -0.2) is 0 Å². The number of nitrogen functional groups attached to an aromatic ring is 1. The van der Waals surface area contributed by atoms with Crippen molar-refractivity contribution in [2.45, 2.75) is 20.8 Å². The van der Waals surface area contributed by atoms with Crippen LogP contribution in [0.1, 0.15) is 16.7 Å². The molecule has 0 spiro atoms. The maximum absolute atomic E-state index is 5.83. The third-order valence-corrected chi connectivity index (χ3v) is 3.08. The average Bonchev–Trinajstić information content (AvgIpc) is 2.26. The number of anilines is 1. The van der Waals surface area contributed by atoms with Crippen LogP contribution in [0.4, 0.5) is 5.69 Å². The molecule has 0 aliphatic rings. The van der Waals surface area contributed by atoms with E-state index in [1.54, 1.807) is 0 Å². The van der Waals surface area contributed by atoms with Gasteiger partial charge in [0.25, 0.3) is 0 Å². The van der Waals surface area contributed by atoms with Gasteiger partial charge in [0.05, 0.1) is 0 Å². The van der Waals surface area contributed by atoms with Crippen molar-refractivity contribution in [1.82, 2.24) is 0 Å². The molecule has 0 atom stereocenters. The lowest BCUT2D eigenvalue weighted by Gasteiger charge is -2.09. The summed E-state index contributed by atoms with van der Waals surface area (Å²) in [5.41, 5.74) is 13.0. The van der Waals surface area contributed by atoms with Gasteiger partial charge in [-0.25, -0.2) is 0 Å². The Bertz CT molecular complexity index is 527. The summed E-state index contributed by atoms with van der Waals surface area (Å²) in [5.74, 6) is 0. The summed E-state index contributed by atoms with van der Waals surface area (Å²) in [6, 6.07) is 12.6. The van der Waals surface area contributed by atoms with Gasteiger partial charge in [0.2, 0.25) is 0 Å². The topological polar surface area (TPSA) is 26.0 Å². The number of hydrogen-bond donors (Lipinski definition) is 1. The predicted molar refractivity (Wildman–Crippen MR) is 70.5 cm³/mol. The second kappa shape index (κ2) is 4.01. The molecule has 0 amide bonds. The summed E-state index contributed by atoms with van der Waals surface area (Å²) in [7, 11) is 0. The zero-order chi connectivity index (χ0) is 11.7. The van der Waals surface area contributed by atoms with Gasteiger partial charge in [-0.3, -0.25) is 0 Å². The molecule has 0 radical (unpaired) electrons. The van der Waals surface area contributed by atoms with Gasteiger partial charge in [0.15, 0.2) is 0 Å². The fraction of sp³-hybridized carbons (Fsp3) is 0.200. The molecule has 0 saturated heterocycles. The summed E-state index contributed by atoms with van der Waals surface area (Å²) >= 11 is 0. The van der Waals surface area contributed by atoms with Crippen LogP contribution in [0, 0.1) is 20.8 Å². The summed E-state index contributed by atoms with van der Waals surface area (Å²) in [4.78, 5) is 0. The molecule has 0 fully saturated rings. The van der Waals surface area contributed by atoms with Crippen molar-refractivity contribution in [2.24, 2.45) is 0 Å². The predicted octanol–water partition coefficient (Wildman–Crippen LogP) is 3.86. The number of nitrogens with two attached hydrogens (primary N) is 1. The normalized spacial score (nSPS) is 10.4. The third kappa shape index (κ3) is 1.94. The van der Waals surface area contributed by atoms with Crippen LogP contribution in [0.25, 0.3) is 11.1 Å². The molecule has 0 heterocycles. The molecule has 0 saturated carbocycles. The Hall–Kier alpha value is -1.76. The molecule has 2 aromatic carbocycles. The van der Waals surface area contributed by atoms with Gasteiger partial charge in [-0.1, -0.05) is 24.3 Å². The van der Waals surface area contributed by atoms with Crippen molar-refractivity contribution >= 4 is 5.69 Å². The Labute approximate surface area is 96.9 Å². The van der Waals surface area contributed by atoms with E-state index in [1.165, 1.54) is 27.8 Å². The van der Waals surface area contributed by atoms with Crippen molar-refractivity contribution in [3.8, 4) is 11.1 Å². The molecule has 2 rings (SSSR count). The lowest BCUT2D eigenvalue weighted by atomic mass is 9.97. The lowest BCUT2D eigenvalue weighted by Crippen LogP contribution is -1.90. The zero-order valence-electron chi connectivity index (χ0n) is 10.0. The van der Waals surface area contributed by atoms with Crippen LogP contribution in [0.2, 0.25) is 0 Å². The Balaban J connectivity index is 2.58. The largest absolute Gasteiger partial charge is 0.399 e. The van der Waals surface area contributed by atoms with Crippen LogP contribution in [0.5, 0.6) is 0 Å². The van der Waals surface area contributed by atoms with Gasteiger partial charge in [-0.2, -0.15) is 0 Å². The molecule has 0 aliphatic heterocycles. The Morgan fingerprint density at radius 3 is 2.12 bits per heavy atom. The van der Waals surface area contributed by atoms with E-state index in [1.807, 2.05) is 12.1 Å². The van der Waals surface area contributed by atoms with E-state index in [2.05, 4.69) is 45.0 Å². The van der Waals surface area contributed by atoms with E-state index < -0.39 is 0 Å². The van der Waals surface area contributed by atoms with Crippen molar-refractivity contribution in [1.29, 1.82) is 0 Å². The smallest absolute Gasteiger partial charge is 0.0320 e. The number of hydrogen-bond acceptors (Lipinski definition) is 1. The van der Waals surface area contributed by atoms with Crippen LogP contribution >= 0.6 is 0 Å². The third-order valence-electron chi connectivity index (χ3n) is 3.08. The van der Waals surface area contributed by atoms with Crippen molar-refractivity contribution in [3.63, 3.8) is 0 Å². The summed E-state index contributed by atoms with van der Waals surface area (Å²) < 4.78 is 0. The first-order valence-electron chi connectivity index (χ1n) is 5.51. The molecule has 16 heavy (non-hydrogen) atoms. The highest BCUT2D eigenvalue weighted by Crippen LogP contribution is 2.27. The molecule has 2 aromatic rings. The maximum atomic E-state index is 5.83. The van der Waals surface area contributed by atoms with E-state index in [0.717, 1.165) is 5.69 Å². The fourth-order valence-electron chi connectivity index (χ4n) is 1.86. The van der Waals surface area contributed by atoms with E-state index in [-0.39, 0.29) is 0 Å². The highest BCUT2D eigenvalue weighted by Gasteiger charge is 2.03. The minimum atomic E-state index is 0.818. The SMILES string of the molecule is Cc1ccc(-c2cc(N)ccc2C)cc1C. The van der Waals surface area contributed by atoms with Crippen LogP contribution in [-0.2, 0) is 0 Å². The van der Waals surface area contributed by atoms with Gasteiger partial charge < -0.3 is 5.73 Å². The van der Waals surface area contributed by atoms with Gasteiger partial charge >= 0.3 is 0 Å². The molecular weight excluding hydrogens is 194 g/mol. The first-order chi connectivity index (χ1) is 7.58. The Morgan fingerprint density at radius 1 is 0.750 bits per heavy atom. The Kier molecular flexibility index (Phi) is 2.69. The average molecular weight is 211 g/mol. The van der Waals surface area contributed by atoms with Crippen molar-refractivity contribution < 1.29 is 0 Å². The molecule has 1 nitrogen and oxygen atoms in total. The molecule has 1 heteroatoms. The Morgan fingerprint density at radius 2 is 1.44 bits per heavy atom. The van der Waals surface area contributed by atoms with Crippen LogP contribution in [0.15, 0.2) is 36.4 Å². The maximum Gasteiger partial charge on any atom is 0.0320 e. The number of aryl methyl sites for hydroxylation is 3. The highest BCUT2D eigenvalue weighted by atomic mass is 14.5. The van der Waals surface area contributed by atoms with Gasteiger partial charge in [-0.05, 0) is 60.7 Å². The molecule has 0 unspecified atom stereocenters. The second-order valence-electron chi connectivity index (χ2n) is 4.37. The molecule has 0 aromatic heterocycles. The fourth-order valence-corrected chi connectivity index (χ4v) is 1.86. The minimum Gasteiger partial charge on any atom is -0.399 e. The van der Waals surface area contributed by atoms with Crippen LogP contribution < -0.4 is 5.73 Å². The van der Waals surface area contributed by atoms with Gasteiger partial charge in [0, 0.05) is 5.69 Å². The van der Waals surface area contributed by atoms with Gasteiger partial charge in [-0.15, -0.1) is 0 Å². The first-order valence-corrected chi connectivity index (χ1v) is 5.51. The van der Waals surface area contributed by atoms with E-state index in [4.69, 9.17) is 5.73 Å². The zero-order valence-corrected chi connectivity index (χ0v) is 10.0. The van der Waals surface area contributed by atoms with Gasteiger partial charge in [0.1, 0.15) is 0 Å². The number of rotatable bonds is 1. The van der Waals surface area contributed by atoms with E-state index in [9.17, 15) is 0 Å². The second-order valence-corrected chi connectivity index (χ2v) is 4.37. The van der Waals surface area contributed by atoms with E-state index in [0.29, 0.717) is 0 Å². The molecular formula is C15H17N. The van der Waals surface area contributed by atoms with Crippen molar-refractivity contribution in [2.75, 3.05) is 5.73 Å². The summed E-state index contributed by atoms with van der Waals surface area (Å²) in [5, 5.41) is 0. The monoisotopic (exact) mass is 211 g/mol. The minimum absolute atomic E-state index is 0.818. The summed E-state index contributed by atoms with van der Waals surface area (Å²) in [6.45, 7) is 6.38. The molecule has 0 bridgehead atoms. The van der Waals surface area contributed by atoms with Crippen LogP contribution in [0.3, 0.4) is 0 Å². The lowest BCUT2D eigenvalue weighted by molar-refractivity contribution is 1.33. The molecule has 0 aliphatic carbocycles. The molecule has 82 valence electrons. The highest BCUT2D eigenvalue weighted by molar-refractivity contribution is 5.71. The van der Waals surface area contributed by atoms with Crippen molar-refractivity contribution in [3.05, 3.63) is 53.1 Å². The quantitative estimate of drug-likeness (QED) is 0.712. The van der Waals surface area contributed by atoms with E-state index >= 15 is 0 Å². The summed E-state index contributed by atoms with van der Waals surface area (Å²) in [6.07, 6.45) is 0.